The second-order valence-corrected chi connectivity index (χ2v) is 13.8. The maximum atomic E-state index is 14.4. The van der Waals surface area contributed by atoms with Gasteiger partial charge >= 0.3 is 12.4 Å². The molecule has 5 rings (SSSR count). The third-order valence-corrected chi connectivity index (χ3v) is 11.2. The van der Waals surface area contributed by atoms with Gasteiger partial charge in [-0.25, -0.2) is 21.6 Å². The second-order valence-electron chi connectivity index (χ2n) is 11.5. The fourth-order valence-electron chi connectivity index (χ4n) is 6.14. The van der Waals surface area contributed by atoms with E-state index in [1.54, 1.807) is 0 Å². The van der Waals surface area contributed by atoms with Crippen molar-refractivity contribution in [1.29, 1.82) is 0 Å². The van der Waals surface area contributed by atoms with Gasteiger partial charge in [0.05, 0.1) is 11.5 Å². The lowest BCUT2D eigenvalue weighted by Gasteiger charge is -2.47. The maximum Gasteiger partial charge on any atom is 0.430 e. The van der Waals surface area contributed by atoms with Gasteiger partial charge in [0, 0.05) is 11.1 Å². The van der Waals surface area contributed by atoms with E-state index in [9.17, 15) is 47.9 Å². The Bertz CT molecular complexity index is 1760. The van der Waals surface area contributed by atoms with Crippen LogP contribution in [-0.4, -0.2) is 20.8 Å². The molecule has 4 aromatic rings. The Labute approximate surface area is 264 Å². The zero-order chi connectivity index (χ0) is 34.3. The molecule has 250 valence electrons. The Morgan fingerprint density at radius 1 is 0.702 bits per heavy atom. The van der Waals surface area contributed by atoms with Gasteiger partial charge in [0.25, 0.3) is 5.60 Å². The smallest absolute Gasteiger partial charge is 0.349 e. The van der Waals surface area contributed by atoms with Gasteiger partial charge in [-0.2, -0.15) is 26.3 Å². The fourth-order valence-corrected chi connectivity index (χ4v) is 8.44. The highest BCUT2D eigenvalue weighted by Crippen LogP contribution is 2.57. The predicted molar refractivity (Wildman–Crippen MR) is 154 cm³/mol. The molecule has 0 aliphatic heterocycles. The molecule has 1 fully saturated rings. The molecule has 0 spiro atoms. The molecule has 0 N–H and O–H groups in total. The van der Waals surface area contributed by atoms with E-state index in [1.165, 1.54) is 0 Å². The van der Waals surface area contributed by atoms with Crippen LogP contribution in [0, 0.1) is 23.4 Å². The molecule has 0 bridgehead atoms. The number of hydrogen-bond donors (Lipinski definition) is 0. The van der Waals surface area contributed by atoms with Crippen molar-refractivity contribution in [2.24, 2.45) is 5.92 Å². The number of halogens is 9. The molecule has 0 amide bonds. The molecule has 0 heterocycles. The van der Waals surface area contributed by atoms with Gasteiger partial charge < -0.3 is 4.74 Å². The average Bonchev–Trinajstić information content (AvgIpc) is 2.98. The van der Waals surface area contributed by atoms with Crippen molar-refractivity contribution in [2.45, 2.75) is 59.9 Å². The van der Waals surface area contributed by atoms with E-state index in [4.69, 9.17) is 0 Å². The lowest BCUT2D eigenvalue weighted by atomic mass is 9.68. The van der Waals surface area contributed by atoms with Crippen LogP contribution in [0.4, 0.5) is 39.5 Å². The number of aryl methyl sites for hydroxylation is 1. The van der Waals surface area contributed by atoms with Gasteiger partial charge in [-0.05, 0) is 79.1 Å². The Kier molecular flexibility index (Phi) is 9.28. The summed E-state index contributed by atoms with van der Waals surface area (Å²) in [7, 11) is -4.34. The van der Waals surface area contributed by atoms with E-state index in [0.29, 0.717) is 37.1 Å². The number of benzene rings is 4. The highest BCUT2D eigenvalue weighted by molar-refractivity contribution is 7.92. The van der Waals surface area contributed by atoms with Crippen LogP contribution in [0.2, 0.25) is 0 Å². The molecule has 0 saturated heterocycles. The maximum absolute atomic E-state index is 14.4. The number of alkyl halides is 6. The van der Waals surface area contributed by atoms with E-state index >= 15 is 0 Å². The van der Waals surface area contributed by atoms with Crippen molar-refractivity contribution in [3.63, 3.8) is 0 Å². The summed E-state index contributed by atoms with van der Waals surface area (Å²) in [5, 5.41) is 0. The van der Waals surface area contributed by atoms with E-state index in [0.717, 1.165) is 48.0 Å². The summed E-state index contributed by atoms with van der Waals surface area (Å²) >= 11 is 0. The minimum absolute atomic E-state index is 0.00559. The van der Waals surface area contributed by atoms with Crippen LogP contribution in [0.3, 0.4) is 0 Å². The molecule has 0 unspecified atom stereocenters. The van der Waals surface area contributed by atoms with Crippen LogP contribution in [-0.2, 0) is 37.9 Å². The summed E-state index contributed by atoms with van der Waals surface area (Å²) in [6.45, 7) is -1.72. The first-order valence-electron chi connectivity index (χ1n) is 14.4. The number of rotatable bonds is 10. The topological polar surface area (TPSA) is 43.4 Å². The Balaban J connectivity index is 1.53. The Morgan fingerprint density at radius 3 is 1.79 bits per heavy atom. The van der Waals surface area contributed by atoms with Gasteiger partial charge in [-0.15, -0.1) is 0 Å². The van der Waals surface area contributed by atoms with Gasteiger partial charge in [0.15, 0.2) is 9.84 Å². The highest BCUT2D eigenvalue weighted by atomic mass is 32.2. The van der Waals surface area contributed by atoms with Crippen LogP contribution in [0.25, 0.3) is 0 Å². The minimum atomic E-state index is -6.16. The van der Waals surface area contributed by atoms with Crippen molar-refractivity contribution in [3.05, 3.63) is 137 Å². The Morgan fingerprint density at radius 2 is 1.26 bits per heavy atom. The molecule has 0 atom stereocenters. The largest absolute Gasteiger partial charge is 0.430 e. The van der Waals surface area contributed by atoms with E-state index in [-0.39, 0.29) is 29.2 Å². The van der Waals surface area contributed by atoms with E-state index < -0.39 is 67.7 Å². The molecule has 1 aliphatic carbocycles. The summed E-state index contributed by atoms with van der Waals surface area (Å²) in [5.74, 6) is -3.67. The number of ether oxygens (including phenoxy) is 1. The SMILES string of the molecule is O=S(=O)(c1ccc(F)cc1)C1(c2ccc(C(OCc3c(F)cccc3F)(C(F)(F)F)C(F)(F)F)cc2)CC(CCc2ccccc2)C1. The summed E-state index contributed by atoms with van der Waals surface area (Å²) in [5.41, 5.74) is -6.69. The summed E-state index contributed by atoms with van der Waals surface area (Å²) in [4.78, 5) is -0.264. The van der Waals surface area contributed by atoms with Crippen LogP contribution in [0.15, 0.2) is 102 Å². The first-order chi connectivity index (χ1) is 22.0. The van der Waals surface area contributed by atoms with Gasteiger partial charge in [0.2, 0.25) is 0 Å². The van der Waals surface area contributed by atoms with Crippen molar-refractivity contribution in [3.8, 4) is 0 Å². The molecule has 13 heteroatoms. The summed E-state index contributed by atoms with van der Waals surface area (Å²) < 4.78 is 159. The zero-order valence-corrected chi connectivity index (χ0v) is 25.2. The van der Waals surface area contributed by atoms with Gasteiger partial charge in [0.1, 0.15) is 22.2 Å². The molecule has 4 aromatic carbocycles. The van der Waals surface area contributed by atoms with Crippen LogP contribution < -0.4 is 0 Å². The standard InChI is InChI=1S/C34H27F9O3S/c35-26-15-17-27(18-16-26)47(44,45)31(19-23(20-31)10-9-22-5-2-1-3-6-22)24-11-13-25(14-12-24)32(33(38,39)40,34(41,42)43)46-21-28-29(36)7-4-8-30(28)37/h1-8,11-18,23H,9-10,19-21H2. The van der Waals surface area contributed by atoms with Crippen LogP contribution >= 0.6 is 0 Å². The van der Waals surface area contributed by atoms with E-state index in [2.05, 4.69) is 4.74 Å². The molecule has 0 aromatic heterocycles. The fraction of sp³-hybridized carbons (Fsp3) is 0.294. The van der Waals surface area contributed by atoms with Crippen molar-refractivity contribution in [1.82, 2.24) is 0 Å². The normalized spacial score (nSPS) is 19.0. The van der Waals surface area contributed by atoms with Gasteiger partial charge in [-0.3, -0.25) is 0 Å². The van der Waals surface area contributed by atoms with Crippen LogP contribution in [0.5, 0.6) is 0 Å². The first-order valence-corrected chi connectivity index (χ1v) is 15.9. The minimum Gasteiger partial charge on any atom is -0.349 e. The molecule has 0 radical (unpaired) electrons. The Hall–Kier alpha value is -3.84. The highest BCUT2D eigenvalue weighted by Gasteiger charge is 2.73. The van der Waals surface area contributed by atoms with Crippen molar-refractivity contribution in [2.75, 3.05) is 0 Å². The number of sulfone groups is 1. The molecular weight excluding hydrogens is 659 g/mol. The molecule has 3 nitrogen and oxygen atoms in total. The third-order valence-electron chi connectivity index (χ3n) is 8.67. The molecule has 1 saturated carbocycles. The monoisotopic (exact) mass is 686 g/mol. The average molecular weight is 687 g/mol. The summed E-state index contributed by atoms with van der Waals surface area (Å²) in [6, 6.07) is 18.2. The van der Waals surface area contributed by atoms with Crippen LogP contribution in [0.1, 0.15) is 41.5 Å². The third kappa shape index (κ3) is 6.27. The lowest BCUT2D eigenvalue weighted by molar-refractivity contribution is -0.392. The molecule has 47 heavy (non-hydrogen) atoms. The van der Waals surface area contributed by atoms with Crippen molar-refractivity contribution >= 4 is 9.84 Å². The quantitative estimate of drug-likeness (QED) is 0.123. The van der Waals surface area contributed by atoms with E-state index in [1.807, 2.05) is 30.3 Å². The lowest BCUT2D eigenvalue weighted by Crippen LogP contribution is -2.56. The molecular formula is C34H27F9O3S. The first kappa shape index (κ1) is 34.5. The van der Waals surface area contributed by atoms with Gasteiger partial charge in [-0.1, -0.05) is 60.7 Å². The molecule has 1 aliphatic rings. The number of hydrogen-bond acceptors (Lipinski definition) is 3. The second kappa shape index (κ2) is 12.6. The summed E-state index contributed by atoms with van der Waals surface area (Å²) in [6.07, 6.45) is -11.1. The predicted octanol–water partition coefficient (Wildman–Crippen LogP) is 9.35. The zero-order valence-electron chi connectivity index (χ0n) is 24.4. The van der Waals surface area contributed by atoms with Crippen molar-refractivity contribution < 1.29 is 52.7 Å².